The maximum Gasteiger partial charge on any atom is 0.306 e. The number of unbranched alkanes of at least 4 members (excludes halogenated alkanes) is 15. The van der Waals surface area contributed by atoms with Crippen LogP contribution in [0.1, 0.15) is 174 Å². The number of allylic oxidation sites excluding steroid dienone is 14. The van der Waals surface area contributed by atoms with Gasteiger partial charge in [0, 0.05) is 13.0 Å². The molecule has 9 nitrogen and oxygen atoms in total. The van der Waals surface area contributed by atoms with Crippen LogP contribution in [0.2, 0.25) is 0 Å². The van der Waals surface area contributed by atoms with E-state index in [0.29, 0.717) is 13.0 Å². The summed E-state index contributed by atoms with van der Waals surface area (Å²) in [4.78, 5) is 12.8. The molecule has 9 heteroatoms. The van der Waals surface area contributed by atoms with Crippen molar-refractivity contribution in [1.82, 2.24) is 0 Å². The van der Waals surface area contributed by atoms with E-state index in [9.17, 15) is 25.2 Å². The number of carbonyl (C=O) groups is 1. The van der Waals surface area contributed by atoms with Crippen LogP contribution in [0.3, 0.4) is 0 Å². The second-order valence-electron chi connectivity index (χ2n) is 16.2. The molecular weight excluding hydrogens is 769 g/mol. The largest absolute Gasteiger partial charge is 0.457 e. The second kappa shape index (κ2) is 42.7. The smallest absolute Gasteiger partial charge is 0.306 e. The van der Waals surface area contributed by atoms with Crippen molar-refractivity contribution < 1.29 is 44.2 Å². The van der Waals surface area contributed by atoms with Crippen molar-refractivity contribution >= 4 is 5.97 Å². The van der Waals surface area contributed by atoms with Crippen molar-refractivity contribution in [2.45, 2.75) is 211 Å². The highest BCUT2D eigenvalue weighted by atomic mass is 16.7. The molecule has 0 bridgehead atoms. The first-order valence-electron chi connectivity index (χ1n) is 24.2. The molecule has 0 saturated carbocycles. The Labute approximate surface area is 371 Å². The lowest BCUT2D eigenvalue weighted by molar-refractivity contribution is -0.305. The van der Waals surface area contributed by atoms with Crippen LogP contribution < -0.4 is 0 Å². The average molecular weight is 857 g/mol. The molecule has 0 aromatic rings. The van der Waals surface area contributed by atoms with Crippen LogP contribution in [0.15, 0.2) is 85.1 Å². The summed E-state index contributed by atoms with van der Waals surface area (Å²) in [5.41, 5.74) is 0. The minimum Gasteiger partial charge on any atom is -0.457 e. The number of rotatable bonds is 40. The summed E-state index contributed by atoms with van der Waals surface area (Å²) in [6, 6.07) is 0. The predicted octanol–water partition coefficient (Wildman–Crippen LogP) is 11.4. The molecule has 1 fully saturated rings. The third-order valence-electron chi connectivity index (χ3n) is 10.6. The molecule has 0 aliphatic carbocycles. The number of aliphatic hydroxyl groups excluding tert-OH is 4. The highest BCUT2D eigenvalue weighted by Gasteiger charge is 2.44. The van der Waals surface area contributed by atoms with Crippen molar-refractivity contribution in [3.05, 3.63) is 85.1 Å². The van der Waals surface area contributed by atoms with E-state index in [1.165, 1.54) is 70.6 Å². The standard InChI is InChI=1S/C52H88O9/c1-3-5-7-9-11-13-15-17-18-19-20-21-22-23-24-25-26-27-28-29-31-33-35-37-39-41-48(54)60-46(45-59-52-51(57)50(56)49(55)47(43-53)61-52)44-58-42-40-38-36-34-32-30-16-14-12-10-8-6-4-2/h5,7,11,13,17-18,20-21,23-24,26-27,29,31,46-47,49-53,55-57H,3-4,6,8-10,12,14-16,19,22,25,28,30,32-45H2,1-2H3/b7-5-,13-11-,18-17-,21-20-,24-23-,27-26-,31-29-. The van der Waals surface area contributed by atoms with Crippen LogP contribution in [0.4, 0.5) is 0 Å². The van der Waals surface area contributed by atoms with E-state index in [2.05, 4.69) is 98.9 Å². The summed E-state index contributed by atoms with van der Waals surface area (Å²) < 4.78 is 22.8. The summed E-state index contributed by atoms with van der Waals surface area (Å²) in [6.45, 7) is 4.40. The molecular formula is C52H88O9. The van der Waals surface area contributed by atoms with Gasteiger partial charge < -0.3 is 39.4 Å². The number of hydrogen-bond acceptors (Lipinski definition) is 9. The average Bonchev–Trinajstić information content (AvgIpc) is 3.26. The molecule has 1 aliphatic heterocycles. The van der Waals surface area contributed by atoms with Crippen LogP contribution in [0.25, 0.3) is 0 Å². The third-order valence-corrected chi connectivity index (χ3v) is 10.6. The Hall–Kier alpha value is -2.63. The van der Waals surface area contributed by atoms with Crippen LogP contribution in [-0.4, -0.2) is 89.6 Å². The van der Waals surface area contributed by atoms with Gasteiger partial charge in [-0.3, -0.25) is 4.79 Å². The molecule has 0 radical (unpaired) electrons. The molecule has 1 heterocycles. The monoisotopic (exact) mass is 857 g/mol. The van der Waals surface area contributed by atoms with Gasteiger partial charge in [-0.1, -0.05) is 182 Å². The maximum atomic E-state index is 12.8. The van der Waals surface area contributed by atoms with Gasteiger partial charge in [0.1, 0.15) is 30.5 Å². The van der Waals surface area contributed by atoms with Crippen molar-refractivity contribution in [2.75, 3.05) is 26.4 Å². The summed E-state index contributed by atoms with van der Waals surface area (Å²) in [7, 11) is 0. The minimum absolute atomic E-state index is 0.128. The quantitative estimate of drug-likeness (QED) is 0.0270. The summed E-state index contributed by atoms with van der Waals surface area (Å²) in [5.74, 6) is -0.347. The van der Waals surface area contributed by atoms with E-state index in [4.69, 9.17) is 18.9 Å². The van der Waals surface area contributed by atoms with Crippen molar-refractivity contribution in [3.63, 3.8) is 0 Å². The predicted molar refractivity (Wildman–Crippen MR) is 251 cm³/mol. The van der Waals surface area contributed by atoms with E-state index in [0.717, 1.165) is 77.0 Å². The summed E-state index contributed by atoms with van der Waals surface area (Å²) in [5, 5.41) is 40.2. The van der Waals surface area contributed by atoms with Crippen LogP contribution in [0.5, 0.6) is 0 Å². The fraction of sp³-hybridized carbons (Fsp3) is 0.712. The molecule has 1 saturated heterocycles. The van der Waals surface area contributed by atoms with Gasteiger partial charge in [-0.05, 0) is 70.6 Å². The molecule has 6 atom stereocenters. The summed E-state index contributed by atoms with van der Waals surface area (Å²) in [6.07, 6.45) is 50.4. The van der Waals surface area contributed by atoms with Gasteiger partial charge in [0.05, 0.1) is 19.8 Å². The molecule has 0 amide bonds. The van der Waals surface area contributed by atoms with Gasteiger partial charge in [0.25, 0.3) is 0 Å². The first kappa shape index (κ1) is 56.4. The van der Waals surface area contributed by atoms with Crippen LogP contribution >= 0.6 is 0 Å². The van der Waals surface area contributed by atoms with Gasteiger partial charge in [0.15, 0.2) is 6.29 Å². The Morgan fingerprint density at radius 1 is 0.541 bits per heavy atom. The Bertz CT molecular complexity index is 1200. The van der Waals surface area contributed by atoms with Gasteiger partial charge in [-0.15, -0.1) is 0 Å². The van der Waals surface area contributed by atoms with Crippen LogP contribution in [-0.2, 0) is 23.7 Å². The van der Waals surface area contributed by atoms with Gasteiger partial charge in [0.2, 0.25) is 0 Å². The first-order chi connectivity index (χ1) is 29.9. The minimum atomic E-state index is -1.55. The molecule has 1 aliphatic rings. The SMILES string of the molecule is CC/C=C\C/C=C\C/C=C\C/C=C\C/C=C\C/C=C\C/C=C\CCCCCC(=O)OC(COCCCCCCCCCCCCCCC)COC1OC(CO)C(O)C(O)C1O. The van der Waals surface area contributed by atoms with E-state index >= 15 is 0 Å². The molecule has 61 heavy (non-hydrogen) atoms. The van der Waals surface area contributed by atoms with Gasteiger partial charge in [-0.2, -0.15) is 0 Å². The Morgan fingerprint density at radius 3 is 1.49 bits per heavy atom. The molecule has 0 spiro atoms. The van der Waals surface area contributed by atoms with Crippen molar-refractivity contribution in [1.29, 1.82) is 0 Å². The van der Waals surface area contributed by atoms with Gasteiger partial charge in [-0.25, -0.2) is 0 Å². The molecule has 0 aromatic heterocycles. The molecule has 350 valence electrons. The molecule has 6 unspecified atom stereocenters. The fourth-order valence-corrected chi connectivity index (χ4v) is 6.82. The van der Waals surface area contributed by atoms with Crippen molar-refractivity contribution in [2.24, 2.45) is 0 Å². The topological polar surface area (TPSA) is 135 Å². The number of esters is 1. The van der Waals surface area contributed by atoms with E-state index in [1.54, 1.807) is 0 Å². The lowest BCUT2D eigenvalue weighted by Crippen LogP contribution is -2.59. The number of hydrogen-bond donors (Lipinski definition) is 4. The lowest BCUT2D eigenvalue weighted by atomic mass is 9.99. The maximum absolute atomic E-state index is 12.8. The Morgan fingerprint density at radius 2 is 1.00 bits per heavy atom. The molecule has 0 aromatic carbocycles. The normalized spacial score (nSPS) is 20.7. The molecule has 4 N–H and O–H groups in total. The third kappa shape index (κ3) is 33.6. The van der Waals surface area contributed by atoms with E-state index < -0.39 is 43.4 Å². The Balaban J connectivity index is 2.26. The van der Waals surface area contributed by atoms with Crippen molar-refractivity contribution in [3.8, 4) is 0 Å². The Kier molecular flexibility index (Phi) is 39.4. The number of aliphatic hydroxyl groups is 4. The fourth-order valence-electron chi connectivity index (χ4n) is 6.82. The first-order valence-corrected chi connectivity index (χ1v) is 24.2. The number of ether oxygens (including phenoxy) is 4. The second-order valence-corrected chi connectivity index (χ2v) is 16.2. The highest BCUT2D eigenvalue weighted by molar-refractivity contribution is 5.69. The van der Waals surface area contributed by atoms with E-state index in [1.807, 2.05) is 0 Å². The zero-order chi connectivity index (χ0) is 44.3. The van der Waals surface area contributed by atoms with Gasteiger partial charge >= 0.3 is 5.97 Å². The highest BCUT2D eigenvalue weighted by Crippen LogP contribution is 2.22. The zero-order valence-electron chi connectivity index (χ0n) is 38.4. The molecule has 1 rings (SSSR count). The van der Waals surface area contributed by atoms with Crippen LogP contribution in [0, 0.1) is 0 Å². The number of carbonyl (C=O) groups excluding carboxylic acids is 1. The van der Waals surface area contributed by atoms with E-state index in [-0.39, 0.29) is 25.6 Å². The lowest BCUT2D eigenvalue weighted by Gasteiger charge is -2.39. The summed E-state index contributed by atoms with van der Waals surface area (Å²) >= 11 is 0. The zero-order valence-corrected chi connectivity index (χ0v) is 38.4.